The summed E-state index contributed by atoms with van der Waals surface area (Å²) in [4.78, 5) is 2.67. The van der Waals surface area contributed by atoms with Crippen molar-refractivity contribution in [2.24, 2.45) is 11.8 Å². The Labute approximate surface area is 115 Å². The summed E-state index contributed by atoms with van der Waals surface area (Å²) in [6, 6.07) is 8.91. The molecule has 2 aliphatic heterocycles. The first-order valence-corrected chi connectivity index (χ1v) is 7.39. The minimum atomic E-state index is 0.353. The van der Waals surface area contributed by atoms with E-state index < -0.39 is 0 Å². The van der Waals surface area contributed by atoms with Crippen LogP contribution in [0.2, 0.25) is 0 Å². The van der Waals surface area contributed by atoms with Crippen molar-refractivity contribution < 1.29 is 5.11 Å². The zero-order valence-corrected chi connectivity index (χ0v) is 11.8. The van der Waals surface area contributed by atoms with Crippen LogP contribution in [0.1, 0.15) is 19.4 Å². The summed E-state index contributed by atoms with van der Waals surface area (Å²) in [5, 5.41) is 12.9. The van der Waals surface area contributed by atoms with Crippen molar-refractivity contribution >= 4 is 0 Å². The second-order valence-corrected chi connectivity index (χ2v) is 6.24. The number of likely N-dealkylation sites (tertiary alicyclic amines) is 1. The summed E-state index contributed by atoms with van der Waals surface area (Å²) < 4.78 is 0. The number of fused-ring (bicyclic) bond motifs is 1. The zero-order chi connectivity index (χ0) is 13.4. The van der Waals surface area contributed by atoms with Gasteiger partial charge in [0.2, 0.25) is 0 Å². The first-order valence-electron chi connectivity index (χ1n) is 7.39. The van der Waals surface area contributed by atoms with E-state index in [4.69, 9.17) is 0 Å². The van der Waals surface area contributed by atoms with Crippen LogP contribution in [0.5, 0.6) is 5.75 Å². The molecule has 2 saturated heterocycles. The molecule has 4 atom stereocenters. The fourth-order valence-corrected chi connectivity index (χ4v) is 3.87. The maximum absolute atomic E-state index is 9.34. The number of phenolic OH excluding ortho intramolecular Hbond substituents is 1. The Hall–Kier alpha value is -1.06. The maximum Gasteiger partial charge on any atom is 0.115 e. The molecule has 3 heteroatoms. The molecular weight excluding hydrogens is 236 g/mol. The van der Waals surface area contributed by atoms with Gasteiger partial charge in [0, 0.05) is 18.6 Å². The first-order chi connectivity index (χ1) is 9.15. The van der Waals surface area contributed by atoms with Crippen LogP contribution < -0.4 is 5.32 Å². The van der Waals surface area contributed by atoms with E-state index in [9.17, 15) is 5.11 Å². The molecule has 0 amide bonds. The van der Waals surface area contributed by atoms with Crippen molar-refractivity contribution in [3.8, 4) is 5.75 Å². The summed E-state index contributed by atoms with van der Waals surface area (Å²) in [7, 11) is 0. The Balaban J connectivity index is 1.64. The molecule has 3 nitrogen and oxygen atoms in total. The molecule has 0 aliphatic carbocycles. The van der Waals surface area contributed by atoms with Crippen LogP contribution in [0.4, 0.5) is 0 Å². The van der Waals surface area contributed by atoms with Crippen LogP contribution in [-0.4, -0.2) is 41.7 Å². The number of benzene rings is 1. The summed E-state index contributed by atoms with van der Waals surface area (Å²) in [6.45, 7) is 8.33. The number of nitrogens with one attached hydrogen (secondary N) is 1. The van der Waals surface area contributed by atoms with E-state index in [1.54, 1.807) is 12.1 Å². The lowest BCUT2D eigenvalue weighted by atomic mass is 9.95. The number of hydrogen-bond donors (Lipinski definition) is 2. The van der Waals surface area contributed by atoms with Crippen LogP contribution in [-0.2, 0) is 6.42 Å². The predicted molar refractivity (Wildman–Crippen MR) is 77.3 cm³/mol. The van der Waals surface area contributed by atoms with Gasteiger partial charge in [0.05, 0.1) is 0 Å². The third-order valence-corrected chi connectivity index (χ3v) is 5.01. The highest BCUT2D eigenvalue weighted by Gasteiger charge is 2.42. The smallest absolute Gasteiger partial charge is 0.115 e. The highest BCUT2D eigenvalue weighted by molar-refractivity contribution is 5.26. The van der Waals surface area contributed by atoms with Gasteiger partial charge >= 0.3 is 0 Å². The van der Waals surface area contributed by atoms with Gasteiger partial charge in [0.25, 0.3) is 0 Å². The number of hydrogen-bond acceptors (Lipinski definition) is 3. The normalized spacial score (nSPS) is 32.4. The molecular formula is C16H24N2O. The molecule has 19 heavy (non-hydrogen) atoms. The van der Waals surface area contributed by atoms with Crippen LogP contribution in [0.3, 0.4) is 0 Å². The Morgan fingerprint density at radius 1 is 1.32 bits per heavy atom. The van der Waals surface area contributed by atoms with Crippen LogP contribution in [0.25, 0.3) is 0 Å². The zero-order valence-electron chi connectivity index (χ0n) is 11.8. The van der Waals surface area contributed by atoms with Crippen LogP contribution >= 0.6 is 0 Å². The van der Waals surface area contributed by atoms with Gasteiger partial charge in [-0.3, -0.25) is 4.90 Å². The van der Waals surface area contributed by atoms with Gasteiger partial charge in [0.15, 0.2) is 0 Å². The van der Waals surface area contributed by atoms with Gasteiger partial charge in [0.1, 0.15) is 5.75 Å². The minimum absolute atomic E-state index is 0.353. The number of phenols is 1. The summed E-state index contributed by atoms with van der Waals surface area (Å²) >= 11 is 0. The van der Waals surface area contributed by atoms with Crippen molar-refractivity contribution in [3.05, 3.63) is 29.8 Å². The number of nitrogens with zero attached hydrogens (tertiary/aromatic N) is 1. The Bertz CT molecular complexity index is 431. The fourth-order valence-electron chi connectivity index (χ4n) is 3.87. The van der Waals surface area contributed by atoms with Crippen molar-refractivity contribution in [3.63, 3.8) is 0 Å². The van der Waals surface area contributed by atoms with E-state index in [0.717, 1.165) is 18.3 Å². The van der Waals surface area contributed by atoms with Crippen molar-refractivity contribution in [2.75, 3.05) is 19.6 Å². The summed E-state index contributed by atoms with van der Waals surface area (Å²) in [5.41, 5.74) is 1.31. The second kappa shape index (κ2) is 5.14. The number of rotatable bonds is 3. The lowest BCUT2D eigenvalue weighted by Crippen LogP contribution is -2.40. The van der Waals surface area contributed by atoms with Gasteiger partial charge < -0.3 is 10.4 Å². The van der Waals surface area contributed by atoms with Crippen LogP contribution in [0, 0.1) is 11.8 Å². The first kappa shape index (κ1) is 12.9. The highest BCUT2D eigenvalue weighted by atomic mass is 16.3. The minimum Gasteiger partial charge on any atom is -0.508 e. The van der Waals surface area contributed by atoms with Gasteiger partial charge in [-0.1, -0.05) is 12.1 Å². The van der Waals surface area contributed by atoms with Crippen molar-refractivity contribution in [2.45, 2.75) is 32.4 Å². The molecule has 2 aliphatic rings. The molecule has 4 unspecified atom stereocenters. The quantitative estimate of drug-likeness (QED) is 0.871. The molecule has 2 heterocycles. The monoisotopic (exact) mass is 260 g/mol. The van der Waals surface area contributed by atoms with E-state index in [1.165, 1.54) is 25.2 Å². The SMILES string of the molecule is CC(Cc1ccc(O)cc1)N1CC2CNCC2C1C. The van der Waals surface area contributed by atoms with Gasteiger partial charge in [-0.25, -0.2) is 0 Å². The molecule has 2 fully saturated rings. The second-order valence-electron chi connectivity index (χ2n) is 6.24. The molecule has 1 aromatic carbocycles. The van der Waals surface area contributed by atoms with Crippen molar-refractivity contribution in [1.29, 1.82) is 0 Å². The topological polar surface area (TPSA) is 35.5 Å². The summed E-state index contributed by atoms with van der Waals surface area (Å²) in [5.74, 6) is 2.03. The van der Waals surface area contributed by atoms with E-state index in [2.05, 4.69) is 24.1 Å². The highest BCUT2D eigenvalue weighted by Crippen LogP contribution is 2.34. The molecule has 2 N–H and O–H groups in total. The average Bonchev–Trinajstić information content (AvgIpc) is 2.96. The Morgan fingerprint density at radius 2 is 2.05 bits per heavy atom. The van der Waals surface area contributed by atoms with Gasteiger partial charge in [-0.15, -0.1) is 0 Å². The summed E-state index contributed by atoms with van der Waals surface area (Å²) in [6.07, 6.45) is 1.07. The third-order valence-electron chi connectivity index (χ3n) is 5.01. The average molecular weight is 260 g/mol. The van der Waals surface area contributed by atoms with E-state index in [1.807, 2.05) is 12.1 Å². The van der Waals surface area contributed by atoms with E-state index >= 15 is 0 Å². The standard InChI is InChI=1S/C16H24N2O/c1-11(7-13-3-5-15(19)6-4-13)18-10-14-8-17-9-16(14)12(18)2/h3-6,11-12,14,16-17,19H,7-10H2,1-2H3. The largest absolute Gasteiger partial charge is 0.508 e. The Kier molecular flexibility index (Phi) is 3.50. The molecule has 1 aromatic rings. The third kappa shape index (κ3) is 2.49. The lowest BCUT2D eigenvalue weighted by molar-refractivity contribution is 0.180. The molecule has 0 spiro atoms. The maximum atomic E-state index is 9.34. The van der Waals surface area contributed by atoms with Crippen LogP contribution in [0.15, 0.2) is 24.3 Å². The fraction of sp³-hybridized carbons (Fsp3) is 0.625. The predicted octanol–water partition coefficient (Wildman–Crippen LogP) is 1.86. The van der Waals surface area contributed by atoms with Gasteiger partial charge in [-0.05, 0) is 62.9 Å². The van der Waals surface area contributed by atoms with E-state index in [0.29, 0.717) is 17.8 Å². The van der Waals surface area contributed by atoms with E-state index in [-0.39, 0.29) is 0 Å². The van der Waals surface area contributed by atoms with Gasteiger partial charge in [-0.2, -0.15) is 0 Å². The molecule has 0 aromatic heterocycles. The van der Waals surface area contributed by atoms with Crippen molar-refractivity contribution in [1.82, 2.24) is 10.2 Å². The molecule has 0 bridgehead atoms. The Morgan fingerprint density at radius 3 is 2.74 bits per heavy atom. The molecule has 104 valence electrons. The lowest BCUT2D eigenvalue weighted by Gasteiger charge is -2.30. The molecule has 0 saturated carbocycles. The number of aromatic hydroxyl groups is 1. The molecule has 3 rings (SSSR count). The molecule has 0 radical (unpaired) electrons.